The van der Waals surface area contributed by atoms with Gasteiger partial charge in [0.05, 0.1) is 6.04 Å². The molecule has 7 heteroatoms. The van der Waals surface area contributed by atoms with E-state index in [4.69, 9.17) is 5.73 Å². The maximum atomic E-state index is 12.3. The fourth-order valence-corrected chi connectivity index (χ4v) is 2.91. The summed E-state index contributed by atoms with van der Waals surface area (Å²) < 4.78 is 0. The fraction of sp³-hybridized carbons (Fsp3) is 0.750. The van der Waals surface area contributed by atoms with Gasteiger partial charge < -0.3 is 15.7 Å². The van der Waals surface area contributed by atoms with E-state index in [0.29, 0.717) is 6.42 Å². The summed E-state index contributed by atoms with van der Waals surface area (Å²) in [6.07, 6.45) is 0.354. The molecule has 1 rings (SSSR count). The summed E-state index contributed by atoms with van der Waals surface area (Å²) in [5.41, 5.74) is 3.61. The predicted octanol–water partition coefficient (Wildman–Crippen LogP) is -0.0872. The van der Waals surface area contributed by atoms with E-state index in [1.165, 1.54) is 6.92 Å². The average molecular weight is 288 g/mol. The largest absolute Gasteiger partial charge is 0.479 e. The number of nitrogens with zero attached hydrogens (tertiary/aromatic N) is 1. The molecule has 0 saturated carbocycles. The summed E-state index contributed by atoms with van der Waals surface area (Å²) in [6.45, 7) is 4.95. The number of carbonyl (C=O) groups excluding carboxylic acids is 2. The maximum absolute atomic E-state index is 12.3. The zero-order valence-electron chi connectivity index (χ0n) is 11.3. The molecule has 3 N–H and O–H groups in total. The highest BCUT2D eigenvalue weighted by atomic mass is 32.1. The summed E-state index contributed by atoms with van der Waals surface area (Å²) in [7, 11) is 0. The first-order chi connectivity index (χ1) is 8.67. The summed E-state index contributed by atoms with van der Waals surface area (Å²) in [4.78, 5) is 37.3. The first-order valence-corrected chi connectivity index (χ1v) is 6.71. The number of ketones is 1. The van der Waals surface area contributed by atoms with Crippen LogP contribution >= 0.6 is 12.6 Å². The van der Waals surface area contributed by atoms with Gasteiger partial charge in [-0.2, -0.15) is 12.6 Å². The summed E-state index contributed by atoms with van der Waals surface area (Å²) in [5, 5.41) is 8.79. The zero-order chi connectivity index (χ0) is 15.0. The first-order valence-electron chi connectivity index (χ1n) is 6.20. The molecule has 1 saturated heterocycles. The third-order valence-electron chi connectivity index (χ3n) is 3.41. The summed E-state index contributed by atoms with van der Waals surface area (Å²) >= 11 is 4.22. The van der Waals surface area contributed by atoms with E-state index >= 15 is 0 Å². The first kappa shape index (κ1) is 16.0. The highest BCUT2D eigenvalue weighted by molar-refractivity contribution is 7.81. The van der Waals surface area contributed by atoms with Gasteiger partial charge in [0, 0.05) is 17.7 Å². The van der Waals surface area contributed by atoms with Crippen molar-refractivity contribution in [2.45, 2.75) is 44.0 Å². The second-order valence-electron chi connectivity index (χ2n) is 5.17. The minimum absolute atomic E-state index is 0.204. The Morgan fingerprint density at radius 1 is 1.37 bits per heavy atom. The van der Waals surface area contributed by atoms with Crippen LogP contribution in [-0.2, 0) is 14.4 Å². The van der Waals surface area contributed by atoms with Crippen molar-refractivity contribution in [1.29, 1.82) is 0 Å². The molecule has 0 radical (unpaired) electrons. The van der Waals surface area contributed by atoms with E-state index in [9.17, 15) is 19.5 Å². The predicted molar refractivity (Wildman–Crippen MR) is 73.0 cm³/mol. The summed E-state index contributed by atoms with van der Waals surface area (Å²) in [6, 6.07) is -0.966. The van der Waals surface area contributed by atoms with Crippen molar-refractivity contribution in [2.75, 3.05) is 6.54 Å². The number of rotatable bonds is 4. The van der Waals surface area contributed by atoms with Crippen LogP contribution in [0.4, 0.5) is 0 Å². The molecule has 1 amide bonds. The van der Waals surface area contributed by atoms with Gasteiger partial charge >= 0.3 is 5.97 Å². The number of amides is 1. The van der Waals surface area contributed by atoms with Crippen LogP contribution in [0.2, 0.25) is 0 Å². The number of aliphatic carboxylic acids is 1. The van der Waals surface area contributed by atoms with Crippen molar-refractivity contribution in [3.63, 3.8) is 0 Å². The molecule has 6 nitrogen and oxygen atoms in total. The molecule has 1 heterocycles. The molecule has 1 unspecified atom stereocenters. The number of thiol groups is 1. The number of hydrogen-bond acceptors (Lipinski definition) is 5. The molecular weight excluding hydrogens is 268 g/mol. The van der Waals surface area contributed by atoms with Crippen LogP contribution in [0, 0.1) is 5.92 Å². The van der Waals surface area contributed by atoms with Crippen molar-refractivity contribution in [3.05, 3.63) is 0 Å². The molecule has 1 fully saturated rings. The Hall–Kier alpha value is -1.08. The second kappa shape index (κ2) is 5.50. The smallest absolute Gasteiger partial charge is 0.338 e. The second-order valence-corrected chi connectivity index (χ2v) is 5.80. The highest BCUT2D eigenvalue weighted by Gasteiger charge is 2.61. The van der Waals surface area contributed by atoms with Crippen molar-refractivity contribution >= 4 is 30.3 Å². The molecule has 3 atom stereocenters. The van der Waals surface area contributed by atoms with E-state index in [1.54, 1.807) is 13.8 Å². The molecule has 0 aromatic heterocycles. The van der Waals surface area contributed by atoms with Gasteiger partial charge in [-0.1, -0.05) is 13.8 Å². The van der Waals surface area contributed by atoms with Crippen LogP contribution in [0.15, 0.2) is 0 Å². The SMILES string of the molecule is CC(C)C(=O)N1CCC(S)[C@@]1(C(=O)O)C(=O)[C@H](C)N. The minimum atomic E-state index is -1.95. The number of likely N-dealkylation sites (tertiary alicyclic amines) is 1. The maximum Gasteiger partial charge on any atom is 0.338 e. The number of Topliss-reactive ketones (excluding diaryl/α,β-unsaturated/α-hetero) is 1. The number of nitrogens with two attached hydrogens (primary N) is 1. The van der Waals surface area contributed by atoms with Crippen LogP contribution < -0.4 is 5.73 Å². The number of hydrogen-bond donors (Lipinski definition) is 3. The number of carboxylic acids is 1. The lowest BCUT2D eigenvalue weighted by Crippen LogP contribution is -2.66. The molecule has 1 aliphatic rings. The zero-order valence-corrected chi connectivity index (χ0v) is 12.2. The Morgan fingerprint density at radius 3 is 2.26 bits per heavy atom. The van der Waals surface area contributed by atoms with Gasteiger partial charge in [0.15, 0.2) is 5.78 Å². The molecule has 108 valence electrons. The lowest BCUT2D eigenvalue weighted by molar-refractivity contribution is -0.162. The Labute approximate surface area is 117 Å². The van der Waals surface area contributed by atoms with Crippen LogP contribution in [0.5, 0.6) is 0 Å². The van der Waals surface area contributed by atoms with Crippen molar-refractivity contribution in [3.8, 4) is 0 Å². The molecule has 19 heavy (non-hydrogen) atoms. The van der Waals surface area contributed by atoms with Gasteiger partial charge in [0.25, 0.3) is 0 Å². The lowest BCUT2D eigenvalue weighted by Gasteiger charge is -2.37. The standard InChI is InChI=1S/C12H20N2O4S/c1-6(2)10(16)14-5-4-8(19)12(14,11(17)18)9(15)7(3)13/h6-8,19H,4-5,13H2,1-3H3,(H,17,18)/t7-,8?,12-/m0/s1. The normalized spacial score (nSPS) is 28.5. The van der Waals surface area contributed by atoms with Gasteiger partial charge in [-0.3, -0.25) is 9.59 Å². The Morgan fingerprint density at radius 2 is 1.89 bits per heavy atom. The third-order valence-corrected chi connectivity index (χ3v) is 4.04. The average Bonchev–Trinajstić information content (AvgIpc) is 2.65. The van der Waals surface area contributed by atoms with Crippen LogP contribution in [0.25, 0.3) is 0 Å². The van der Waals surface area contributed by atoms with Gasteiger partial charge in [-0.25, -0.2) is 4.79 Å². The fourth-order valence-electron chi connectivity index (χ4n) is 2.42. The molecule has 0 bridgehead atoms. The van der Waals surface area contributed by atoms with Gasteiger partial charge in [0.1, 0.15) is 0 Å². The molecule has 0 aromatic rings. The van der Waals surface area contributed by atoms with E-state index in [2.05, 4.69) is 12.6 Å². The van der Waals surface area contributed by atoms with Crippen LogP contribution in [0.3, 0.4) is 0 Å². The lowest BCUT2D eigenvalue weighted by atomic mass is 9.86. The number of carboxylic acid groups (broad SMARTS) is 1. The quantitative estimate of drug-likeness (QED) is 0.496. The molecule has 0 spiro atoms. The monoisotopic (exact) mass is 288 g/mol. The van der Waals surface area contributed by atoms with E-state index < -0.39 is 34.5 Å². The Balaban J connectivity index is 3.35. The van der Waals surface area contributed by atoms with E-state index in [-0.39, 0.29) is 12.5 Å². The molecular formula is C12H20N2O4S. The van der Waals surface area contributed by atoms with Crippen LogP contribution in [0.1, 0.15) is 27.2 Å². The molecule has 1 aliphatic heterocycles. The Kier molecular flexibility index (Phi) is 4.63. The number of carbonyl (C=O) groups is 3. The molecule has 0 aliphatic carbocycles. The van der Waals surface area contributed by atoms with Crippen molar-refractivity contribution in [1.82, 2.24) is 4.90 Å². The Bertz CT molecular complexity index is 411. The van der Waals surface area contributed by atoms with Crippen molar-refractivity contribution in [2.24, 2.45) is 11.7 Å². The van der Waals surface area contributed by atoms with E-state index in [0.717, 1.165) is 4.90 Å². The van der Waals surface area contributed by atoms with Crippen molar-refractivity contribution < 1.29 is 19.5 Å². The van der Waals surface area contributed by atoms with Crippen LogP contribution in [-0.4, -0.2) is 51.0 Å². The van der Waals surface area contributed by atoms with E-state index in [1.807, 2.05) is 0 Å². The minimum Gasteiger partial charge on any atom is -0.479 e. The van der Waals surface area contributed by atoms with Gasteiger partial charge in [0.2, 0.25) is 11.4 Å². The molecule has 0 aromatic carbocycles. The third kappa shape index (κ3) is 2.36. The van der Waals surface area contributed by atoms with Gasteiger partial charge in [-0.15, -0.1) is 0 Å². The summed E-state index contributed by atoms with van der Waals surface area (Å²) in [5.74, 6) is -2.79. The highest BCUT2D eigenvalue weighted by Crippen LogP contribution is 2.36. The topological polar surface area (TPSA) is 101 Å². The van der Waals surface area contributed by atoms with Gasteiger partial charge in [-0.05, 0) is 13.3 Å².